The Labute approximate surface area is 146 Å². The van der Waals surface area contributed by atoms with Crippen molar-refractivity contribution in [3.05, 3.63) is 0 Å². The Morgan fingerprint density at radius 2 is 1.30 bits per heavy atom. The van der Waals surface area contributed by atoms with E-state index in [1.807, 2.05) is 41.5 Å². The maximum Gasteiger partial charge on any atom is 0.223 e. The number of nitrogens with one attached hydrogen (secondary N) is 1. The first-order chi connectivity index (χ1) is 11.1. The van der Waals surface area contributed by atoms with Crippen LogP contribution in [0.2, 0.25) is 0 Å². The van der Waals surface area contributed by atoms with Gasteiger partial charge in [-0.25, -0.2) is 0 Å². The van der Waals surface area contributed by atoms with E-state index in [4.69, 9.17) is 4.74 Å². The lowest BCUT2D eigenvalue weighted by atomic mass is 9.75. The Morgan fingerprint density at radius 3 is 1.74 bits per heavy atom. The van der Waals surface area contributed by atoms with Crippen LogP contribution < -0.4 is 5.32 Å². The quantitative estimate of drug-likeness (QED) is 0.718. The second kappa shape index (κ2) is 15.0. The molecule has 0 aromatic rings. The van der Waals surface area contributed by atoms with Crippen molar-refractivity contribution in [1.29, 1.82) is 0 Å². The molecule has 0 unspecified atom stereocenters. The van der Waals surface area contributed by atoms with Crippen molar-refractivity contribution in [2.45, 2.75) is 100.0 Å². The van der Waals surface area contributed by atoms with E-state index >= 15 is 0 Å². The number of ether oxygens (including phenoxy) is 1. The van der Waals surface area contributed by atoms with Crippen molar-refractivity contribution in [3.63, 3.8) is 0 Å². The molecule has 1 N–H and O–H groups in total. The van der Waals surface area contributed by atoms with Crippen molar-refractivity contribution < 1.29 is 9.53 Å². The molecule has 140 valence electrons. The van der Waals surface area contributed by atoms with Gasteiger partial charge in [0.1, 0.15) is 0 Å². The van der Waals surface area contributed by atoms with Crippen LogP contribution in [-0.2, 0) is 9.53 Å². The topological polar surface area (TPSA) is 38.3 Å². The van der Waals surface area contributed by atoms with Gasteiger partial charge in [0.05, 0.1) is 0 Å². The lowest BCUT2D eigenvalue weighted by Gasteiger charge is -2.35. The molecule has 2 fully saturated rings. The van der Waals surface area contributed by atoms with Gasteiger partial charge in [-0.05, 0) is 43.9 Å². The minimum atomic E-state index is 0.193. The zero-order valence-electron chi connectivity index (χ0n) is 17.1. The monoisotopic (exact) mass is 329 g/mol. The summed E-state index contributed by atoms with van der Waals surface area (Å²) in [4.78, 5) is 12.1. The van der Waals surface area contributed by atoms with Crippen molar-refractivity contribution in [2.24, 2.45) is 11.3 Å². The van der Waals surface area contributed by atoms with E-state index in [9.17, 15) is 4.79 Å². The van der Waals surface area contributed by atoms with E-state index in [2.05, 4.69) is 19.2 Å². The van der Waals surface area contributed by atoms with Crippen LogP contribution in [0.3, 0.4) is 0 Å². The Balaban J connectivity index is 0. The molecule has 0 bridgehead atoms. The molecule has 0 atom stereocenters. The summed E-state index contributed by atoms with van der Waals surface area (Å²) in [5.74, 6) is 0.455. The molecule has 1 saturated carbocycles. The number of carbonyl (C=O) groups is 1. The van der Waals surface area contributed by atoms with Gasteiger partial charge in [0, 0.05) is 25.2 Å². The maximum absolute atomic E-state index is 12.1. The molecule has 1 amide bonds. The van der Waals surface area contributed by atoms with Gasteiger partial charge in [0.2, 0.25) is 5.91 Å². The van der Waals surface area contributed by atoms with Gasteiger partial charge in [0.15, 0.2) is 0 Å². The first-order valence-electron chi connectivity index (χ1n) is 9.95. The highest BCUT2D eigenvalue weighted by molar-refractivity contribution is 5.79. The normalized spacial score (nSPS) is 20.5. The first kappa shape index (κ1) is 24.7. The van der Waals surface area contributed by atoms with Gasteiger partial charge in [-0.2, -0.15) is 0 Å². The number of carbonyl (C=O) groups excluding carboxylic acids is 1. The van der Waals surface area contributed by atoms with Gasteiger partial charge in [-0.15, -0.1) is 0 Å². The van der Waals surface area contributed by atoms with Crippen LogP contribution in [0.5, 0.6) is 0 Å². The fourth-order valence-corrected chi connectivity index (χ4v) is 2.82. The van der Waals surface area contributed by atoms with E-state index < -0.39 is 0 Å². The van der Waals surface area contributed by atoms with Crippen LogP contribution in [-0.4, -0.2) is 25.2 Å². The second-order valence-electron chi connectivity index (χ2n) is 6.33. The zero-order valence-corrected chi connectivity index (χ0v) is 17.1. The minimum Gasteiger partial charge on any atom is -0.381 e. The molecule has 1 aliphatic carbocycles. The number of hydrogen-bond acceptors (Lipinski definition) is 2. The first-order valence-corrected chi connectivity index (χ1v) is 9.95. The van der Waals surface area contributed by atoms with Gasteiger partial charge in [0.25, 0.3) is 0 Å². The summed E-state index contributed by atoms with van der Waals surface area (Å²) in [5, 5.41) is 3.23. The minimum absolute atomic E-state index is 0.193. The summed E-state index contributed by atoms with van der Waals surface area (Å²) in [5.41, 5.74) is 0.472. The molecule has 1 aliphatic heterocycles. The smallest absolute Gasteiger partial charge is 0.223 e. The molecule has 1 heterocycles. The van der Waals surface area contributed by atoms with Crippen molar-refractivity contribution in [2.75, 3.05) is 13.2 Å². The largest absolute Gasteiger partial charge is 0.381 e. The summed E-state index contributed by atoms with van der Waals surface area (Å²) < 4.78 is 5.29. The van der Waals surface area contributed by atoms with Crippen LogP contribution in [0, 0.1) is 11.3 Å². The highest BCUT2D eigenvalue weighted by atomic mass is 16.5. The molecule has 2 aliphatic rings. The van der Waals surface area contributed by atoms with Crippen LogP contribution in [0.25, 0.3) is 0 Å². The molecule has 0 radical (unpaired) electrons. The predicted molar refractivity (Wildman–Crippen MR) is 102 cm³/mol. The molecule has 3 nitrogen and oxygen atoms in total. The summed E-state index contributed by atoms with van der Waals surface area (Å²) in [6.07, 6.45) is 6.52. The number of amides is 1. The maximum atomic E-state index is 12.1. The average Bonchev–Trinajstić information content (AvgIpc) is 2.63. The summed E-state index contributed by atoms with van der Waals surface area (Å²) in [7, 11) is 0. The Kier molecular flexibility index (Phi) is 16.1. The van der Waals surface area contributed by atoms with E-state index in [-0.39, 0.29) is 11.8 Å². The molecule has 0 spiro atoms. The zero-order chi connectivity index (χ0) is 18.3. The van der Waals surface area contributed by atoms with E-state index in [0.717, 1.165) is 38.9 Å². The van der Waals surface area contributed by atoms with Crippen LogP contribution >= 0.6 is 0 Å². The average molecular weight is 330 g/mol. The summed E-state index contributed by atoms with van der Waals surface area (Å²) in [6.45, 7) is 18.1. The van der Waals surface area contributed by atoms with Crippen molar-refractivity contribution >= 4 is 5.91 Å². The molecular weight excluding hydrogens is 286 g/mol. The van der Waals surface area contributed by atoms with E-state index in [1.165, 1.54) is 12.8 Å². The van der Waals surface area contributed by atoms with Crippen molar-refractivity contribution in [3.8, 4) is 0 Å². The second-order valence-corrected chi connectivity index (χ2v) is 6.33. The van der Waals surface area contributed by atoms with Gasteiger partial charge >= 0.3 is 0 Å². The third-order valence-electron chi connectivity index (χ3n) is 4.28. The van der Waals surface area contributed by atoms with Crippen LogP contribution in [0.4, 0.5) is 0 Å². The van der Waals surface area contributed by atoms with E-state index in [1.54, 1.807) is 0 Å². The molecular formula is C20H43NO2. The molecule has 0 aromatic carbocycles. The van der Waals surface area contributed by atoms with Gasteiger partial charge in [-0.1, -0.05) is 55.4 Å². The predicted octanol–water partition coefficient (Wildman–Crippen LogP) is 5.58. The van der Waals surface area contributed by atoms with Gasteiger partial charge in [-0.3, -0.25) is 4.79 Å². The standard InChI is InChI=1S/C14H25NO2.3C2H6/c1-14(2)7-3-12(4-8-14)15-13(16)11-5-9-17-10-6-11;3*1-2/h11-12H,3-10H2,1-2H3,(H,15,16);3*1-2H3. The summed E-state index contributed by atoms with van der Waals surface area (Å²) in [6, 6.07) is 0.415. The molecule has 2 rings (SSSR count). The highest BCUT2D eigenvalue weighted by Crippen LogP contribution is 2.35. The lowest BCUT2D eigenvalue weighted by Crippen LogP contribution is -2.43. The molecule has 3 heteroatoms. The Bertz CT molecular complexity index is 261. The Hall–Kier alpha value is -0.570. The fraction of sp³-hybridized carbons (Fsp3) is 0.950. The Morgan fingerprint density at radius 1 is 0.870 bits per heavy atom. The van der Waals surface area contributed by atoms with E-state index in [0.29, 0.717) is 11.5 Å². The molecule has 23 heavy (non-hydrogen) atoms. The van der Waals surface area contributed by atoms with Crippen molar-refractivity contribution in [1.82, 2.24) is 5.32 Å². The third-order valence-corrected chi connectivity index (χ3v) is 4.28. The van der Waals surface area contributed by atoms with Crippen LogP contribution in [0.1, 0.15) is 93.9 Å². The fourth-order valence-electron chi connectivity index (χ4n) is 2.82. The SMILES string of the molecule is CC.CC.CC.CC1(C)CCC(NC(=O)C2CCOCC2)CC1. The third kappa shape index (κ3) is 10.8. The number of rotatable bonds is 2. The van der Waals surface area contributed by atoms with Crippen LogP contribution in [0.15, 0.2) is 0 Å². The molecule has 0 aromatic heterocycles. The summed E-state index contributed by atoms with van der Waals surface area (Å²) >= 11 is 0. The highest BCUT2D eigenvalue weighted by Gasteiger charge is 2.29. The lowest BCUT2D eigenvalue weighted by molar-refractivity contribution is -0.128. The number of hydrogen-bond donors (Lipinski definition) is 1. The molecule has 1 saturated heterocycles. The van der Waals surface area contributed by atoms with Gasteiger partial charge < -0.3 is 10.1 Å².